The van der Waals surface area contributed by atoms with Crippen LogP contribution in [0.4, 0.5) is 0 Å². The van der Waals surface area contributed by atoms with E-state index in [1.165, 1.54) is 19.1 Å². The molecular weight excluding hydrogens is 216 g/mol. The third-order valence-electron chi connectivity index (χ3n) is 1.91. The maximum Gasteiger partial charge on any atom is 0.160 e. The Kier molecular flexibility index (Phi) is 3.86. The van der Waals surface area contributed by atoms with Gasteiger partial charge in [0.1, 0.15) is 5.75 Å². The Balaban J connectivity index is 3.29. The van der Waals surface area contributed by atoms with Crippen molar-refractivity contribution >= 4 is 23.7 Å². The molecule has 0 atom stereocenters. The van der Waals surface area contributed by atoms with Crippen LogP contribution in [0.5, 0.6) is 5.75 Å². The average molecular weight is 227 g/mol. The summed E-state index contributed by atoms with van der Waals surface area (Å²) < 4.78 is 5.23. The molecule has 3 nitrogen and oxygen atoms in total. The number of rotatable bonds is 4. The molecule has 15 heavy (non-hydrogen) atoms. The van der Waals surface area contributed by atoms with E-state index in [0.717, 1.165) is 0 Å². The summed E-state index contributed by atoms with van der Waals surface area (Å²) in [5.41, 5.74) is 0.619. The van der Waals surface area contributed by atoms with Gasteiger partial charge in [-0.3, -0.25) is 9.59 Å². The maximum atomic E-state index is 11.2. The van der Waals surface area contributed by atoms with Gasteiger partial charge >= 0.3 is 0 Å². The summed E-state index contributed by atoms with van der Waals surface area (Å²) >= 11 is 5.87. The minimum Gasteiger partial charge on any atom is -0.492 e. The lowest BCUT2D eigenvalue weighted by atomic mass is 10.1. The van der Waals surface area contributed by atoms with E-state index in [4.69, 9.17) is 16.3 Å². The fourth-order valence-corrected chi connectivity index (χ4v) is 1.46. The first-order valence-corrected chi connectivity index (χ1v) is 4.90. The summed E-state index contributed by atoms with van der Waals surface area (Å²) in [4.78, 5) is 21.9. The molecule has 0 radical (unpaired) electrons. The van der Waals surface area contributed by atoms with Crippen molar-refractivity contribution in [1.82, 2.24) is 0 Å². The molecule has 1 rings (SSSR count). The lowest BCUT2D eigenvalue weighted by Gasteiger charge is -2.08. The molecule has 0 unspecified atom stereocenters. The SMILES string of the molecule is CCOc1cc(C(C)=O)c(C=O)cc1Cl. The van der Waals surface area contributed by atoms with E-state index in [-0.39, 0.29) is 11.3 Å². The number of hydrogen-bond acceptors (Lipinski definition) is 3. The van der Waals surface area contributed by atoms with Crippen LogP contribution in [0.25, 0.3) is 0 Å². The van der Waals surface area contributed by atoms with Crippen molar-refractivity contribution in [3.05, 3.63) is 28.3 Å². The molecule has 80 valence electrons. The molecule has 0 aliphatic heterocycles. The molecule has 0 bridgehead atoms. The van der Waals surface area contributed by atoms with Crippen molar-refractivity contribution in [1.29, 1.82) is 0 Å². The Hall–Kier alpha value is -1.35. The summed E-state index contributed by atoms with van der Waals surface area (Å²) in [5, 5.41) is 0.337. The molecule has 4 heteroatoms. The smallest absolute Gasteiger partial charge is 0.160 e. The van der Waals surface area contributed by atoms with Gasteiger partial charge in [0, 0.05) is 11.1 Å². The molecule has 1 aromatic rings. The van der Waals surface area contributed by atoms with Crippen molar-refractivity contribution in [2.24, 2.45) is 0 Å². The number of halogens is 1. The van der Waals surface area contributed by atoms with Crippen molar-refractivity contribution in [3.63, 3.8) is 0 Å². The van der Waals surface area contributed by atoms with E-state index in [2.05, 4.69) is 0 Å². The summed E-state index contributed by atoms with van der Waals surface area (Å²) in [7, 11) is 0. The van der Waals surface area contributed by atoms with Gasteiger partial charge in [0.2, 0.25) is 0 Å². The van der Waals surface area contributed by atoms with E-state index in [1.54, 1.807) is 0 Å². The monoisotopic (exact) mass is 226 g/mol. The fourth-order valence-electron chi connectivity index (χ4n) is 1.24. The Labute approximate surface area is 93.0 Å². The summed E-state index contributed by atoms with van der Waals surface area (Å²) in [6, 6.07) is 2.94. The standard InChI is InChI=1S/C11H11ClO3/c1-3-15-11-5-9(7(2)14)8(6-13)4-10(11)12/h4-6H,3H2,1-2H3. The quantitative estimate of drug-likeness (QED) is 0.586. The third-order valence-corrected chi connectivity index (χ3v) is 2.21. The predicted octanol–water partition coefficient (Wildman–Crippen LogP) is 2.75. The first kappa shape index (κ1) is 11.7. The van der Waals surface area contributed by atoms with Gasteiger partial charge < -0.3 is 4.74 Å². The van der Waals surface area contributed by atoms with Crippen LogP contribution in [-0.4, -0.2) is 18.7 Å². The molecular formula is C11H11ClO3. The largest absolute Gasteiger partial charge is 0.492 e. The molecule has 0 amide bonds. The number of carbonyl (C=O) groups excluding carboxylic acids is 2. The molecule has 0 fully saturated rings. The van der Waals surface area contributed by atoms with E-state index in [9.17, 15) is 9.59 Å². The maximum absolute atomic E-state index is 11.2. The summed E-state index contributed by atoms with van der Waals surface area (Å²) in [6.07, 6.45) is 0.609. The number of carbonyl (C=O) groups is 2. The molecule has 0 N–H and O–H groups in total. The zero-order valence-corrected chi connectivity index (χ0v) is 9.30. The number of ketones is 1. The molecule has 1 aromatic carbocycles. The molecule has 0 saturated heterocycles. The first-order chi connectivity index (χ1) is 7.10. The van der Waals surface area contributed by atoms with E-state index in [0.29, 0.717) is 29.2 Å². The van der Waals surface area contributed by atoms with Gasteiger partial charge in [0.25, 0.3) is 0 Å². The second kappa shape index (κ2) is 4.94. The highest BCUT2D eigenvalue weighted by Gasteiger charge is 2.12. The number of aldehydes is 1. The second-order valence-corrected chi connectivity index (χ2v) is 3.38. The van der Waals surface area contributed by atoms with Crippen LogP contribution in [0, 0.1) is 0 Å². The van der Waals surface area contributed by atoms with Crippen LogP contribution < -0.4 is 4.74 Å². The van der Waals surface area contributed by atoms with Gasteiger partial charge in [-0.1, -0.05) is 11.6 Å². The molecule has 0 heterocycles. The number of Topliss-reactive ketones (excluding diaryl/α,β-unsaturated/α-hetero) is 1. The van der Waals surface area contributed by atoms with Gasteiger partial charge in [-0.25, -0.2) is 0 Å². The second-order valence-electron chi connectivity index (χ2n) is 2.98. The molecule has 0 aliphatic rings. The lowest BCUT2D eigenvalue weighted by molar-refractivity contribution is 0.100. The van der Waals surface area contributed by atoms with E-state index >= 15 is 0 Å². The molecule has 0 aromatic heterocycles. The minimum atomic E-state index is -0.185. The Morgan fingerprint density at radius 2 is 2.20 bits per heavy atom. The van der Waals surface area contributed by atoms with Gasteiger partial charge in [-0.15, -0.1) is 0 Å². The highest BCUT2D eigenvalue weighted by Crippen LogP contribution is 2.28. The van der Waals surface area contributed by atoms with Crippen LogP contribution in [0.3, 0.4) is 0 Å². The predicted molar refractivity (Wildman–Crippen MR) is 58.0 cm³/mol. The van der Waals surface area contributed by atoms with Crippen molar-refractivity contribution in [2.45, 2.75) is 13.8 Å². The van der Waals surface area contributed by atoms with Gasteiger partial charge in [-0.2, -0.15) is 0 Å². The van der Waals surface area contributed by atoms with Gasteiger partial charge in [0.05, 0.1) is 11.6 Å². The minimum absolute atomic E-state index is 0.185. The topological polar surface area (TPSA) is 43.4 Å². The van der Waals surface area contributed by atoms with Gasteiger partial charge in [-0.05, 0) is 26.0 Å². The zero-order valence-electron chi connectivity index (χ0n) is 8.54. The van der Waals surface area contributed by atoms with Crippen molar-refractivity contribution in [3.8, 4) is 5.75 Å². The van der Waals surface area contributed by atoms with Crippen LogP contribution in [0.2, 0.25) is 5.02 Å². The van der Waals surface area contributed by atoms with Crippen LogP contribution >= 0.6 is 11.6 Å². The fraction of sp³-hybridized carbons (Fsp3) is 0.273. The van der Waals surface area contributed by atoms with E-state index < -0.39 is 0 Å². The Morgan fingerprint density at radius 1 is 1.53 bits per heavy atom. The van der Waals surface area contributed by atoms with E-state index in [1.807, 2.05) is 6.92 Å². The summed E-state index contributed by atoms with van der Waals surface area (Å²) in [5.74, 6) is 0.240. The van der Waals surface area contributed by atoms with Crippen molar-refractivity contribution in [2.75, 3.05) is 6.61 Å². The normalized spacial score (nSPS) is 9.80. The first-order valence-electron chi connectivity index (χ1n) is 4.52. The lowest BCUT2D eigenvalue weighted by Crippen LogP contribution is -2.01. The highest BCUT2D eigenvalue weighted by molar-refractivity contribution is 6.32. The molecule has 0 spiro atoms. The zero-order chi connectivity index (χ0) is 11.4. The Morgan fingerprint density at radius 3 is 2.67 bits per heavy atom. The number of ether oxygens (including phenoxy) is 1. The average Bonchev–Trinajstić information content (AvgIpc) is 2.20. The summed E-state index contributed by atoms with van der Waals surface area (Å²) in [6.45, 7) is 3.67. The van der Waals surface area contributed by atoms with Crippen LogP contribution in [0.15, 0.2) is 12.1 Å². The third kappa shape index (κ3) is 2.57. The van der Waals surface area contributed by atoms with Crippen LogP contribution in [-0.2, 0) is 0 Å². The number of benzene rings is 1. The molecule has 0 saturated carbocycles. The van der Waals surface area contributed by atoms with Crippen LogP contribution in [0.1, 0.15) is 34.6 Å². The highest BCUT2D eigenvalue weighted by atomic mass is 35.5. The molecule has 0 aliphatic carbocycles. The number of hydrogen-bond donors (Lipinski definition) is 0. The Bertz CT molecular complexity index is 399. The van der Waals surface area contributed by atoms with Crippen molar-refractivity contribution < 1.29 is 14.3 Å². The van der Waals surface area contributed by atoms with Gasteiger partial charge in [0.15, 0.2) is 12.1 Å².